The first-order chi connectivity index (χ1) is 12.3. The maximum absolute atomic E-state index is 11.7. The van der Waals surface area contributed by atoms with Crippen molar-refractivity contribution in [3.05, 3.63) is 0 Å². The van der Waals surface area contributed by atoms with Gasteiger partial charge in [-0.15, -0.1) is 0 Å². The van der Waals surface area contributed by atoms with Gasteiger partial charge >= 0.3 is 6.09 Å². The second-order valence-corrected chi connectivity index (χ2v) is 8.81. The van der Waals surface area contributed by atoms with E-state index >= 15 is 0 Å². The van der Waals surface area contributed by atoms with E-state index in [4.69, 9.17) is 9.47 Å². The summed E-state index contributed by atoms with van der Waals surface area (Å²) >= 11 is 0. The van der Waals surface area contributed by atoms with Gasteiger partial charge < -0.3 is 19.5 Å². The quantitative estimate of drug-likeness (QED) is 0.779. The molecule has 1 saturated heterocycles. The Balaban J connectivity index is 1.60. The molecule has 1 amide bonds. The van der Waals surface area contributed by atoms with Gasteiger partial charge in [-0.05, 0) is 43.9 Å². The highest BCUT2D eigenvalue weighted by molar-refractivity contribution is 5.67. The first-order valence-corrected chi connectivity index (χ1v) is 10.2. The number of amides is 1. The number of piperazine rings is 1. The fourth-order valence-corrected chi connectivity index (χ4v) is 4.02. The summed E-state index contributed by atoms with van der Waals surface area (Å²) in [6.07, 6.45) is 4.25. The molecule has 26 heavy (non-hydrogen) atoms. The van der Waals surface area contributed by atoms with Crippen LogP contribution in [-0.2, 0) is 9.47 Å². The molecule has 1 atom stereocenters. The molecule has 6 heteroatoms. The molecule has 0 aromatic heterocycles. The van der Waals surface area contributed by atoms with E-state index < -0.39 is 6.10 Å². The second kappa shape index (κ2) is 9.90. The molecule has 0 aromatic carbocycles. The Labute approximate surface area is 158 Å². The van der Waals surface area contributed by atoms with Crippen LogP contribution in [0.5, 0.6) is 0 Å². The summed E-state index contributed by atoms with van der Waals surface area (Å²) in [5, 5.41) is 10.3. The molecule has 0 spiro atoms. The third-order valence-electron chi connectivity index (χ3n) is 5.79. The normalized spacial score (nSPS) is 26.6. The highest BCUT2D eigenvalue weighted by Gasteiger charge is 2.30. The van der Waals surface area contributed by atoms with Crippen molar-refractivity contribution in [2.24, 2.45) is 11.3 Å². The molecule has 0 bridgehead atoms. The first-order valence-electron chi connectivity index (χ1n) is 10.2. The van der Waals surface area contributed by atoms with Crippen molar-refractivity contribution in [3.63, 3.8) is 0 Å². The van der Waals surface area contributed by atoms with Crippen LogP contribution in [-0.4, -0.2) is 79.1 Å². The molecule has 2 rings (SSSR count). The zero-order chi connectivity index (χ0) is 19.2. The van der Waals surface area contributed by atoms with E-state index in [1.807, 2.05) is 6.92 Å². The zero-order valence-corrected chi connectivity index (χ0v) is 17.1. The maximum Gasteiger partial charge on any atom is 0.409 e. The Morgan fingerprint density at radius 1 is 1.12 bits per heavy atom. The summed E-state index contributed by atoms with van der Waals surface area (Å²) in [4.78, 5) is 15.6. The van der Waals surface area contributed by atoms with Gasteiger partial charge in [0.2, 0.25) is 0 Å². The molecule has 0 radical (unpaired) electrons. The number of aliphatic hydroxyl groups excluding tert-OH is 1. The number of rotatable bonds is 6. The van der Waals surface area contributed by atoms with E-state index in [9.17, 15) is 9.90 Å². The van der Waals surface area contributed by atoms with Crippen LogP contribution in [0, 0.1) is 11.3 Å². The number of ether oxygens (including phenoxy) is 2. The topological polar surface area (TPSA) is 62.2 Å². The van der Waals surface area contributed by atoms with Crippen molar-refractivity contribution in [1.29, 1.82) is 0 Å². The minimum absolute atomic E-state index is 0.234. The molecule has 1 heterocycles. The molecule has 1 aliphatic heterocycles. The van der Waals surface area contributed by atoms with Crippen LogP contribution >= 0.6 is 0 Å². The SMILES string of the molecule is CCOC(=O)N1CCN(C[C@H](O)COC2CCC(C(C)(C)C)CC2)CC1. The lowest BCUT2D eigenvalue weighted by atomic mass is 9.72. The van der Waals surface area contributed by atoms with E-state index in [-0.39, 0.29) is 6.09 Å². The number of hydrogen-bond donors (Lipinski definition) is 1. The van der Waals surface area contributed by atoms with Crippen LogP contribution in [0.2, 0.25) is 0 Å². The van der Waals surface area contributed by atoms with Crippen LogP contribution in [0.1, 0.15) is 53.4 Å². The first kappa shape index (κ1) is 21.5. The van der Waals surface area contributed by atoms with Gasteiger partial charge in [0, 0.05) is 32.7 Å². The molecular weight excluding hydrogens is 332 g/mol. The zero-order valence-electron chi connectivity index (χ0n) is 17.1. The Morgan fingerprint density at radius 3 is 2.27 bits per heavy atom. The summed E-state index contributed by atoms with van der Waals surface area (Å²) in [6.45, 7) is 13.1. The number of nitrogens with zero attached hydrogens (tertiary/aromatic N) is 2. The largest absolute Gasteiger partial charge is 0.450 e. The smallest absolute Gasteiger partial charge is 0.409 e. The van der Waals surface area contributed by atoms with E-state index in [0.29, 0.717) is 44.4 Å². The van der Waals surface area contributed by atoms with E-state index in [1.54, 1.807) is 4.90 Å². The molecule has 0 aromatic rings. The minimum Gasteiger partial charge on any atom is -0.450 e. The molecular formula is C20H38N2O4. The van der Waals surface area contributed by atoms with Crippen LogP contribution < -0.4 is 0 Å². The Bertz CT molecular complexity index is 422. The Kier molecular flexibility index (Phi) is 8.17. The second-order valence-electron chi connectivity index (χ2n) is 8.81. The van der Waals surface area contributed by atoms with Crippen molar-refractivity contribution in [2.75, 3.05) is 45.9 Å². The third kappa shape index (κ3) is 6.71. The van der Waals surface area contributed by atoms with E-state index in [0.717, 1.165) is 31.8 Å². The summed E-state index contributed by atoms with van der Waals surface area (Å²) < 4.78 is 11.0. The third-order valence-corrected chi connectivity index (χ3v) is 5.79. The van der Waals surface area contributed by atoms with Crippen LogP contribution in [0.15, 0.2) is 0 Å². The molecule has 1 aliphatic carbocycles. The van der Waals surface area contributed by atoms with Gasteiger partial charge in [-0.2, -0.15) is 0 Å². The van der Waals surface area contributed by atoms with Gasteiger partial charge in [0.1, 0.15) is 0 Å². The van der Waals surface area contributed by atoms with Gasteiger partial charge in [-0.25, -0.2) is 4.79 Å². The predicted octanol–water partition coefficient (Wildman–Crippen LogP) is 2.74. The van der Waals surface area contributed by atoms with Crippen LogP contribution in [0.3, 0.4) is 0 Å². The Morgan fingerprint density at radius 2 is 1.73 bits per heavy atom. The lowest BCUT2D eigenvalue weighted by molar-refractivity contribution is -0.0469. The van der Waals surface area contributed by atoms with Gasteiger partial charge in [0.05, 0.1) is 25.4 Å². The molecule has 6 nitrogen and oxygen atoms in total. The fourth-order valence-electron chi connectivity index (χ4n) is 4.02. The van der Waals surface area contributed by atoms with Crippen molar-refractivity contribution >= 4 is 6.09 Å². The number of aliphatic hydroxyl groups is 1. The van der Waals surface area contributed by atoms with Gasteiger partial charge in [-0.3, -0.25) is 4.90 Å². The van der Waals surface area contributed by atoms with Gasteiger partial charge in [0.15, 0.2) is 0 Å². The highest BCUT2D eigenvalue weighted by Crippen LogP contribution is 2.38. The van der Waals surface area contributed by atoms with Gasteiger partial charge in [0.25, 0.3) is 0 Å². The van der Waals surface area contributed by atoms with E-state index in [2.05, 4.69) is 25.7 Å². The number of β-amino-alcohol motifs (C(OH)–C–C–N with tert-alkyl or cyclic N) is 1. The van der Waals surface area contributed by atoms with E-state index in [1.165, 1.54) is 12.8 Å². The number of carbonyl (C=O) groups excluding carboxylic acids is 1. The fraction of sp³-hybridized carbons (Fsp3) is 0.950. The van der Waals surface area contributed by atoms with Crippen LogP contribution in [0.25, 0.3) is 0 Å². The monoisotopic (exact) mass is 370 g/mol. The summed E-state index contributed by atoms with van der Waals surface area (Å²) in [7, 11) is 0. The van der Waals surface area contributed by atoms with Crippen molar-refractivity contribution in [1.82, 2.24) is 9.80 Å². The van der Waals surface area contributed by atoms with Crippen molar-refractivity contribution in [2.45, 2.75) is 65.6 Å². The lowest BCUT2D eigenvalue weighted by Crippen LogP contribution is -2.51. The molecule has 2 fully saturated rings. The summed E-state index contributed by atoms with van der Waals surface area (Å²) in [5.41, 5.74) is 0.385. The van der Waals surface area contributed by atoms with Crippen molar-refractivity contribution in [3.8, 4) is 0 Å². The van der Waals surface area contributed by atoms with Crippen molar-refractivity contribution < 1.29 is 19.4 Å². The molecule has 1 N–H and O–H groups in total. The Hall–Kier alpha value is -0.850. The molecule has 0 unspecified atom stereocenters. The summed E-state index contributed by atoms with van der Waals surface area (Å²) in [6, 6.07) is 0. The molecule has 1 saturated carbocycles. The molecule has 2 aliphatic rings. The average molecular weight is 371 g/mol. The highest BCUT2D eigenvalue weighted by atomic mass is 16.6. The number of hydrogen-bond acceptors (Lipinski definition) is 5. The predicted molar refractivity (Wildman–Crippen MR) is 102 cm³/mol. The summed E-state index contributed by atoms with van der Waals surface area (Å²) in [5.74, 6) is 0.781. The van der Waals surface area contributed by atoms with Crippen LogP contribution in [0.4, 0.5) is 4.79 Å². The lowest BCUT2D eigenvalue weighted by Gasteiger charge is -2.37. The molecule has 152 valence electrons. The minimum atomic E-state index is -0.468. The van der Waals surface area contributed by atoms with Gasteiger partial charge in [-0.1, -0.05) is 20.8 Å². The standard InChI is InChI=1S/C20H38N2O4/c1-5-25-19(24)22-12-10-21(11-13-22)14-17(23)15-26-18-8-6-16(7-9-18)20(2,3)4/h16-18,23H,5-15H2,1-4H3/t16?,17-,18?/m0/s1. The average Bonchev–Trinajstić information content (AvgIpc) is 2.60. The maximum atomic E-state index is 11.7. The number of carbonyl (C=O) groups is 1.